The van der Waals surface area contributed by atoms with Crippen molar-refractivity contribution in [2.75, 3.05) is 0 Å². The fourth-order valence-electron chi connectivity index (χ4n) is 1.00. The van der Waals surface area contributed by atoms with E-state index >= 15 is 0 Å². The highest BCUT2D eigenvalue weighted by molar-refractivity contribution is 5.13. The minimum Gasteiger partial charge on any atom is -0.392 e. The molecular weight excluding hydrogens is 100 g/mol. The fourth-order valence-corrected chi connectivity index (χ4v) is 1.00. The first-order valence-corrected chi connectivity index (χ1v) is 3.19. The van der Waals surface area contributed by atoms with Crippen molar-refractivity contribution in [1.82, 2.24) is 0 Å². The molecule has 0 spiro atoms. The van der Waals surface area contributed by atoms with Crippen LogP contribution in [0.15, 0.2) is 11.6 Å². The maximum atomic E-state index is 8.80. The van der Waals surface area contributed by atoms with Crippen LogP contribution >= 0.6 is 0 Å². The zero-order valence-corrected chi connectivity index (χ0v) is 5.22. The summed E-state index contributed by atoms with van der Waals surface area (Å²) in [6, 6.07) is 0. The normalized spacial score (nSPS) is 27.2. The number of aliphatic hydroxyl groups is 1. The Morgan fingerprint density at radius 1 is 1.75 bits per heavy atom. The van der Waals surface area contributed by atoms with Gasteiger partial charge in [-0.1, -0.05) is 18.6 Å². The smallest absolute Gasteiger partial charge is 0.0614 e. The lowest BCUT2D eigenvalue weighted by Gasteiger charge is -2.23. The van der Waals surface area contributed by atoms with Crippen LogP contribution in [0.4, 0.5) is 0 Å². The summed E-state index contributed by atoms with van der Waals surface area (Å²) in [5.74, 6) is 0. The van der Waals surface area contributed by atoms with E-state index in [-0.39, 0.29) is 6.10 Å². The van der Waals surface area contributed by atoms with Crippen LogP contribution in [0.5, 0.6) is 0 Å². The van der Waals surface area contributed by atoms with Gasteiger partial charge in [-0.3, -0.25) is 0 Å². The minimum atomic E-state index is -0.0206. The van der Waals surface area contributed by atoms with Crippen LogP contribution in [0.3, 0.4) is 0 Å². The lowest BCUT2D eigenvalue weighted by molar-refractivity contribution is 0.135. The molecule has 1 heteroatoms. The monoisotopic (exact) mass is 112 g/mol. The van der Waals surface area contributed by atoms with Crippen LogP contribution in [0.25, 0.3) is 0 Å². The highest BCUT2D eigenvalue weighted by atomic mass is 16.3. The summed E-state index contributed by atoms with van der Waals surface area (Å²) in [5, 5.41) is 8.80. The summed E-state index contributed by atoms with van der Waals surface area (Å²) in [6.45, 7) is 2.12. The van der Waals surface area contributed by atoms with Crippen molar-refractivity contribution >= 4 is 0 Å². The lowest BCUT2D eigenvalue weighted by atomic mass is 9.88. The topological polar surface area (TPSA) is 20.2 Å². The van der Waals surface area contributed by atoms with E-state index in [2.05, 4.69) is 13.0 Å². The summed E-state index contributed by atoms with van der Waals surface area (Å²) in [7, 11) is 0. The van der Waals surface area contributed by atoms with Gasteiger partial charge in [-0.2, -0.15) is 0 Å². The van der Waals surface area contributed by atoms with Crippen molar-refractivity contribution in [3.63, 3.8) is 0 Å². The Hall–Kier alpha value is -0.300. The molecule has 0 aromatic heterocycles. The molecule has 0 aromatic carbocycles. The maximum absolute atomic E-state index is 8.80. The van der Waals surface area contributed by atoms with Crippen molar-refractivity contribution in [3.05, 3.63) is 11.6 Å². The van der Waals surface area contributed by atoms with Crippen LogP contribution in [0.1, 0.15) is 26.2 Å². The second-order valence-corrected chi connectivity index (χ2v) is 2.33. The van der Waals surface area contributed by atoms with Gasteiger partial charge in [-0.05, 0) is 19.3 Å². The zero-order chi connectivity index (χ0) is 5.98. The summed E-state index contributed by atoms with van der Waals surface area (Å²) in [5.41, 5.74) is 1.43. The van der Waals surface area contributed by atoms with E-state index in [0.717, 1.165) is 19.3 Å². The quantitative estimate of drug-likeness (QED) is 0.509. The molecule has 0 unspecified atom stereocenters. The van der Waals surface area contributed by atoms with Gasteiger partial charge in [-0.25, -0.2) is 0 Å². The van der Waals surface area contributed by atoms with Crippen LogP contribution in [0, 0.1) is 0 Å². The number of allylic oxidation sites excluding steroid dienone is 1. The summed E-state index contributed by atoms with van der Waals surface area (Å²) < 4.78 is 0. The molecule has 0 atom stereocenters. The van der Waals surface area contributed by atoms with Crippen molar-refractivity contribution in [3.8, 4) is 0 Å². The van der Waals surface area contributed by atoms with Gasteiger partial charge < -0.3 is 5.11 Å². The Bertz CT molecular complexity index is 97.0. The van der Waals surface area contributed by atoms with Gasteiger partial charge in [0.1, 0.15) is 0 Å². The molecule has 1 nitrogen and oxygen atoms in total. The third-order valence-corrected chi connectivity index (χ3v) is 1.49. The Kier molecular flexibility index (Phi) is 1.69. The van der Waals surface area contributed by atoms with Gasteiger partial charge in [0, 0.05) is 0 Å². The molecule has 0 amide bonds. The SMILES string of the molecule is CCC=C1CC(O)C1. The number of rotatable bonds is 1. The molecular formula is C7H12O. The molecule has 0 aliphatic heterocycles. The van der Waals surface area contributed by atoms with Crippen LogP contribution in [-0.2, 0) is 0 Å². The third kappa shape index (κ3) is 1.10. The average molecular weight is 112 g/mol. The van der Waals surface area contributed by atoms with Crippen molar-refractivity contribution in [1.29, 1.82) is 0 Å². The Balaban J connectivity index is 2.23. The first-order chi connectivity index (χ1) is 3.83. The molecule has 0 bridgehead atoms. The van der Waals surface area contributed by atoms with Crippen molar-refractivity contribution < 1.29 is 5.11 Å². The molecule has 1 aliphatic rings. The molecule has 1 aliphatic carbocycles. The minimum absolute atomic E-state index is 0.0206. The highest BCUT2D eigenvalue weighted by Gasteiger charge is 2.18. The van der Waals surface area contributed by atoms with Gasteiger partial charge >= 0.3 is 0 Å². The van der Waals surface area contributed by atoms with Gasteiger partial charge in [0.05, 0.1) is 6.10 Å². The average Bonchev–Trinajstić information content (AvgIpc) is 1.64. The standard InChI is InChI=1S/C7H12O/c1-2-3-6-4-7(8)5-6/h3,7-8H,2,4-5H2,1H3. The summed E-state index contributed by atoms with van der Waals surface area (Å²) in [6.07, 6.45) is 5.14. The van der Waals surface area contributed by atoms with Gasteiger partial charge in [0.25, 0.3) is 0 Å². The first-order valence-electron chi connectivity index (χ1n) is 3.19. The fraction of sp³-hybridized carbons (Fsp3) is 0.714. The van der Waals surface area contributed by atoms with Gasteiger partial charge in [-0.15, -0.1) is 0 Å². The van der Waals surface area contributed by atoms with Crippen molar-refractivity contribution in [2.45, 2.75) is 32.3 Å². The molecule has 8 heavy (non-hydrogen) atoms. The first kappa shape index (κ1) is 5.83. The van der Waals surface area contributed by atoms with E-state index in [1.807, 2.05) is 0 Å². The molecule has 0 saturated heterocycles. The lowest BCUT2D eigenvalue weighted by Crippen LogP contribution is -2.19. The van der Waals surface area contributed by atoms with E-state index in [9.17, 15) is 0 Å². The summed E-state index contributed by atoms with van der Waals surface area (Å²) in [4.78, 5) is 0. The molecule has 1 saturated carbocycles. The van der Waals surface area contributed by atoms with E-state index in [1.54, 1.807) is 0 Å². The highest BCUT2D eigenvalue weighted by Crippen LogP contribution is 2.25. The third-order valence-electron chi connectivity index (χ3n) is 1.49. The second kappa shape index (κ2) is 2.31. The van der Waals surface area contributed by atoms with Gasteiger partial charge in [0.2, 0.25) is 0 Å². The Morgan fingerprint density at radius 3 is 2.75 bits per heavy atom. The molecule has 1 fully saturated rings. The number of hydrogen-bond acceptors (Lipinski definition) is 1. The zero-order valence-electron chi connectivity index (χ0n) is 5.22. The predicted octanol–water partition coefficient (Wildman–Crippen LogP) is 1.48. The largest absolute Gasteiger partial charge is 0.392 e. The molecule has 0 heterocycles. The number of aliphatic hydroxyl groups excluding tert-OH is 1. The summed E-state index contributed by atoms with van der Waals surface area (Å²) >= 11 is 0. The van der Waals surface area contributed by atoms with E-state index < -0.39 is 0 Å². The van der Waals surface area contributed by atoms with Crippen LogP contribution in [0.2, 0.25) is 0 Å². The van der Waals surface area contributed by atoms with Gasteiger partial charge in [0.15, 0.2) is 0 Å². The van der Waals surface area contributed by atoms with Crippen LogP contribution in [-0.4, -0.2) is 11.2 Å². The predicted molar refractivity (Wildman–Crippen MR) is 33.6 cm³/mol. The maximum Gasteiger partial charge on any atom is 0.0614 e. The van der Waals surface area contributed by atoms with E-state index in [0.29, 0.717) is 0 Å². The van der Waals surface area contributed by atoms with Crippen molar-refractivity contribution in [2.24, 2.45) is 0 Å². The molecule has 0 aromatic rings. The molecule has 0 radical (unpaired) electrons. The number of hydrogen-bond donors (Lipinski definition) is 1. The second-order valence-electron chi connectivity index (χ2n) is 2.33. The molecule has 1 N–H and O–H groups in total. The molecule has 1 rings (SSSR count). The van der Waals surface area contributed by atoms with E-state index in [4.69, 9.17) is 5.11 Å². The Labute approximate surface area is 50.0 Å². The molecule has 46 valence electrons. The Morgan fingerprint density at radius 2 is 2.38 bits per heavy atom. The van der Waals surface area contributed by atoms with E-state index in [1.165, 1.54) is 5.57 Å². The van der Waals surface area contributed by atoms with Crippen LogP contribution < -0.4 is 0 Å².